The Morgan fingerprint density at radius 3 is 2.40 bits per heavy atom. The molecule has 4 nitrogen and oxygen atoms in total. The van der Waals surface area contributed by atoms with E-state index in [0.717, 1.165) is 25.3 Å². The predicted molar refractivity (Wildman–Crippen MR) is 65.6 cm³/mol. The number of nitriles is 1. The van der Waals surface area contributed by atoms with Gasteiger partial charge in [0.2, 0.25) is 5.76 Å². The molecule has 0 saturated heterocycles. The van der Waals surface area contributed by atoms with Gasteiger partial charge in [0.1, 0.15) is 6.07 Å². The summed E-state index contributed by atoms with van der Waals surface area (Å²) in [5, 5.41) is 17.3. The summed E-state index contributed by atoms with van der Waals surface area (Å²) in [7, 11) is 0. The lowest BCUT2D eigenvalue weighted by atomic mass is 10.0. The maximum absolute atomic E-state index is 12.2. The molecule has 1 unspecified atom stereocenters. The van der Waals surface area contributed by atoms with Crippen LogP contribution in [0.5, 0.6) is 0 Å². The largest absolute Gasteiger partial charge is 0.503 e. The molecule has 0 spiro atoms. The second kappa shape index (κ2) is 8.46. The lowest BCUT2D eigenvalue weighted by Gasteiger charge is -2.14. The zero-order chi connectivity index (χ0) is 15.8. The highest BCUT2D eigenvalue weighted by molar-refractivity contribution is 5.93. The highest BCUT2D eigenvalue weighted by atomic mass is 19.4. The molecule has 1 N–H and O–H groups in total. The number of hydrogen-bond acceptors (Lipinski definition) is 4. The van der Waals surface area contributed by atoms with Crippen molar-refractivity contribution in [2.45, 2.75) is 45.7 Å². The van der Waals surface area contributed by atoms with Crippen LogP contribution in [0.15, 0.2) is 11.3 Å². The van der Waals surface area contributed by atoms with E-state index in [9.17, 15) is 18.0 Å². The first-order valence-corrected chi connectivity index (χ1v) is 6.35. The number of ether oxygens (including phenoxy) is 1. The highest BCUT2D eigenvalue weighted by Crippen LogP contribution is 2.26. The third-order valence-electron chi connectivity index (χ3n) is 2.81. The summed E-state index contributed by atoms with van der Waals surface area (Å²) >= 11 is 0. The van der Waals surface area contributed by atoms with Crippen LogP contribution in [0, 0.1) is 17.2 Å². The molecule has 20 heavy (non-hydrogen) atoms. The number of alkyl halides is 3. The Morgan fingerprint density at radius 2 is 2.00 bits per heavy atom. The summed E-state index contributed by atoms with van der Waals surface area (Å²) in [5.74, 6) is -3.63. The van der Waals surface area contributed by atoms with Gasteiger partial charge in [-0.2, -0.15) is 18.4 Å². The zero-order valence-electron chi connectivity index (χ0n) is 11.5. The van der Waals surface area contributed by atoms with Crippen molar-refractivity contribution in [2.75, 3.05) is 6.61 Å². The molecule has 114 valence electrons. The van der Waals surface area contributed by atoms with Crippen molar-refractivity contribution in [1.82, 2.24) is 0 Å². The Bertz CT molecular complexity index is 397. The minimum Gasteiger partial charge on any atom is -0.503 e. The van der Waals surface area contributed by atoms with E-state index in [1.807, 2.05) is 13.8 Å². The second-order valence-electron chi connectivity index (χ2n) is 4.35. The Kier molecular flexibility index (Phi) is 7.74. The average molecular weight is 293 g/mol. The van der Waals surface area contributed by atoms with Crippen molar-refractivity contribution < 1.29 is 27.8 Å². The summed E-state index contributed by atoms with van der Waals surface area (Å²) in [5.41, 5.74) is -1.41. The number of nitrogens with zero attached hydrogens (tertiary/aromatic N) is 1. The number of hydrogen-bond donors (Lipinski definition) is 1. The maximum Gasteiger partial charge on any atom is 0.450 e. The fraction of sp³-hybridized carbons (Fsp3) is 0.692. The topological polar surface area (TPSA) is 70.3 Å². The third-order valence-corrected chi connectivity index (χ3v) is 2.81. The third kappa shape index (κ3) is 5.95. The number of esters is 1. The fourth-order valence-electron chi connectivity index (χ4n) is 1.50. The fourth-order valence-corrected chi connectivity index (χ4v) is 1.50. The first-order chi connectivity index (χ1) is 9.27. The Hall–Kier alpha value is -1.71. The second-order valence-corrected chi connectivity index (χ2v) is 4.35. The van der Waals surface area contributed by atoms with Gasteiger partial charge in [0.15, 0.2) is 5.57 Å². The molecule has 0 rings (SSSR count). The van der Waals surface area contributed by atoms with Gasteiger partial charge in [0, 0.05) is 0 Å². The van der Waals surface area contributed by atoms with Gasteiger partial charge in [-0.3, -0.25) is 0 Å². The van der Waals surface area contributed by atoms with Crippen LogP contribution in [0.4, 0.5) is 13.2 Å². The normalized spacial score (nSPS) is 14.2. The molecular weight excluding hydrogens is 275 g/mol. The molecule has 0 aliphatic rings. The maximum atomic E-state index is 12.2. The average Bonchev–Trinajstić information content (AvgIpc) is 2.38. The van der Waals surface area contributed by atoms with Crippen LogP contribution >= 0.6 is 0 Å². The quantitative estimate of drug-likeness (QED) is 0.337. The summed E-state index contributed by atoms with van der Waals surface area (Å²) in [6, 6.07) is 1.03. The first-order valence-electron chi connectivity index (χ1n) is 6.35. The molecule has 1 atom stereocenters. The first kappa shape index (κ1) is 18.3. The highest BCUT2D eigenvalue weighted by Gasteiger charge is 2.39. The van der Waals surface area contributed by atoms with Crippen LogP contribution in [0.1, 0.15) is 39.5 Å². The van der Waals surface area contributed by atoms with E-state index >= 15 is 0 Å². The molecular formula is C13H18F3NO3. The monoisotopic (exact) mass is 293 g/mol. The Morgan fingerprint density at radius 1 is 1.40 bits per heavy atom. The molecule has 0 aromatic carbocycles. The van der Waals surface area contributed by atoms with Crippen LogP contribution in [0.3, 0.4) is 0 Å². The van der Waals surface area contributed by atoms with Crippen molar-refractivity contribution in [1.29, 1.82) is 5.26 Å². The van der Waals surface area contributed by atoms with E-state index in [1.165, 1.54) is 0 Å². The predicted octanol–water partition coefficient (Wildman–Crippen LogP) is 3.64. The summed E-state index contributed by atoms with van der Waals surface area (Å²) in [6.07, 6.45) is -1.76. The van der Waals surface area contributed by atoms with Crippen LogP contribution in [-0.4, -0.2) is 23.9 Å². The number of aliphatic hydroxyl groups is 1. The summed E-state index contributed by atoms with van der Waals surface area (Å²) in [6.45, 7) is 3.81. The van der Waals surface area contributed by atoms with E-state index in [4.69, 9.17) is 10.4 Å². The van der Waals surface area contributed by atoms with Gasteiger partial charge in [-0.1, -0.05) is 33.1 Å². The van der Waals surface area contributed by atoms with Gasteiger partial charge in [0.05, 0.1) is 6.61 Å². The number of allylic oxidation sites excluding steroid dienone is 1. The standard InChI is InChI=1S/C13H18F3NO3/c1-3-5-6-9(4-2)8-20-12(19)10(7-17)11(18)13(14,15)16/h9,18H,3-6,8H2,1-2H3/b11-10-. The number of carbonyl (C=O) groups excluding carboxylic acids is 1. The summed E-state index contributed by atoms with van der Waals surface area (Å²) in [4.78, 5) is 11.4. The molecule has 0 bridgehead atoms. The van der Waals surface area contributed by atoms with Gasteiger partial charge in [-0.25, -0.2) is 4.79 Å². The Balaban J connectivity index is 4.71. The molecule has 0 fully saturated rings. The molecule has 0 aliphatic heterocycles. The van der Waals surface area contributed by atoms with Gasteiger partial charge >= 0.3 is 12.1 Å². The van der Waals surface area contributed by atoms with E-state index in [2.05, 4.69) is 4.74 Å². The minimum atomic E-state index is -5.14. The van der Waals surface area contributed by atoms with Crippen LogP contribution < -0.4 is 0 Å². The molecule has 0 aromatic rings. The van der Waals surface area contributed by atoms with Crippen molar-refractivity contribution in [3.63, 3.8) is 0 Å². The molecule has 0 saturated carbocycles. The van der Waals surface area contributed by atoms with Crippen LogP contribution in [-0.2, 0) is 9.53 Å². The van der Waals surface area contributed by atoms with E-state index in [0.29, 0.717) is 6.42 Å². The van der Waals surface area contributed by atoms with Gasteiger partial charge in [-0.15, -0.1) is 0 Å². The zero-order valence-corrected chi connectivity index (χ0v) is 11.5. The summed E-state index contributed by atoms with van der Waals surface area (Å²) < 4.78 is 41.3. The van der Waals surface area contributed by atoms with Crippen molar-refractivity contribution >= 4 is 5.97 Å². The van der Waals surface area contributed by atoms with E-state index < -0.39 is 23.5 Å². The van der Waals surface area contributed by atoms with Crippen molar-refractivity contribution in [3.05, 3.63) is 11.3 Å². The number of rotatable bonds is 7. The molecule has 0 radical (unpaired) electrons. The van der Waals surface area contributed by atoms with Gasteiger partial charge in [-0.05, 0) is 12.3 Å². The molecule has 0 heterocycles. The SMILES string of the molecule is CCCCC(CC)COC(=O)/C(C#N)=C(\O)C(F)(F)F. The lowest BCUT2D eigenvalue weighted by Crippen LogP contribution is -2.20. The lowest BCUT2D eigenvalue weighted by molar-refractivity contribution is -0.143. The molecule has 0 aliphatic carbocycles. The van der Waals surface area contributed by atoms with Crippen LogP contribution in [0.25, 0.3) is 0 Å². The van der Waals surface area contributed by atoms with Crippen LogP contribution in [0.2, 0.25) is 0 Å². The number of aliphatic hydroxyl groups excluding tert-OH is 1. The Labute approximate surface area is 115 Å². The smallest absolute Gasteiger partial charge is 0.450 e. The minimum absolute atomic E-state index is 0.0341. The van der Waals surface area contributed by atoms with Gasteiger partial charge < -0.3 is 9.84 Å². The number of halogens is 3. The van der Waals surface area contributed by atoms with Crippen molar-refractivity contribution in [3.8, 4) is 6.07 Å². The molecule has 7 heteroatoms. The molecule has 0 aromatic heterocycles. The number of unbranched alkanes of at least 4 members (excludes halogenated alkanes) is 1. The van der Waals surface area contributed by atoms with E-state index in [1.54, 1.807) is 0 Å². The van der Waals surface area contributed by atoms with E-state index in [-0.39, 0.29) is 12.5 Å². The van der Waals surface area contributed by atoms with Crippen molar-refractivity contribution in [2.24, 2.45) is 5.92 Å². The molecule has 0 amide bonds. The van der Waals surface area contributed by atoms with Gasteiger partial charge in [0.25, 0.3) is 0 Å². The number of carbonyl (C=O) groups is 1.